The third-order valence-electron chi connectivity index (χ3n) is 3.90. The smallest absolute Gasteiger partial charge is 0.253 e. The van der Waals surface area contributed by atoms with Crippen molar-refractivity contribution < 1.29 is 19.1 Å². The second kappa shape index (κ2) is 7.17. The van der Waals surface area contributed by atoms with E-state index in [1.165, 1.54) is 0 Å². The first-order chi connectivity index (χ1) is 11.2. The number of Topliss-reactive ketones (excluding diaryl/α,β-unsaturated/α-hetero) is 1. The van der Waals surface area contributed by atoms with Gasteiger partial charge in [0.05, 0.1) is 11.7 Å². The third-order valence-corrected chi connectivity index (χ3v) is 3.90. The van der Waals surface area contributed by atoms with Crippen LogP contribution in [0.4, 0.5) is 0 Å². The summed E-state index contributed by atoms with van der Waals surface area (Å²) in [5, 5.41) is 5.47. The Hall–Kier alpha value is -2.15. The predicted molar refractivity (Wildman–Crippen MR) is 88.5 cm³/mol. The van der Waals surface area contributed by atoms with Gasteiger partial charge in [0.2, 0.25) is 5.91 Å². The highest BCUT2D eigenvalue weighted by Gasteiger charge is 2.36. The molecule has 2 amide bonds. The summed E-state index contributed by atoms with van der Waals surface area (Å²) in [6.45, 7) is 7.71. The normalized spacial score (nSPS) is 22.2. The summed E-state index contributed by atoms with van der Waals surface area (Å²) in [6.07, 6.45) is 3.30. The van der Waals surface area contributed by atoms with Crippen LogP contribution in [0.15, 0.2) is 18.5 Å². The van der Waals surface area contributed by atoms with E-state index in [-0.39, 0.29) is 35.7 Å². The molecule has 24 heavy (non-hydrogen) atoms. The van der Waals surface area contributed by atoms with Crippen molar-refractivity contribution in [1.29, 1.82) is 0 Å². The van der Waals surface area contributed by atoms with Crippen LogP contribution in [0.5, 0.6) is 0 Å². The lowest BCUT2D eigenvalue weighted by atomic mass is 9.87. The Bertz CT molecular complexity index is 604. The van der Waals surface area contributed by atoms with E-state index in [2.05, 4.69) is 15.6 Å². The molecule has 0 bridgehead atoms. The molecule has 3 N–H and O–H groups in total. The topological polar surface area (TPSA) is 100 Å². The zero-order valence-corrected chi connectivity index (χ0v) is 14.5. The van der Waals surface area contributed by atoms with E-state index in [0.29, 0.717) is 12.0 Å². The van der Waals surface area contributed by atoms with Gasteiger partial charge in [0.15, 0.2) is 5.78 Å². The Morgan fingerprint density at radius 2 is 2.12 bits per heavy atom. The number of hydrogen-bond acceptors (Lipinski definition) is 4. The number of carbonyl (C=O) groups is 3. The number of rotatable bonds is 5. The molecular weight excluding hydrogens is 310 g/mol. The highest BCUT2D eigenvalue weighted by atomic mass is 16.5. The van der Waals surface area contributed by atoms with Crippen LogP contribution in [0.1, 0.15) is 44.5 Å². The molecule has 1 aliphatic heterocycles. The number of H-pyrrole nitrogens is 1. The van der Waals surface area contributed by atoms with Crippen molar-refractivity contribution in [1.82, 2.24) is 15.6 Å². The minimum Gasteiger partial charge on any atom is -0.368 e. The summed E-state index contributed by atoms with van der Waals surface area (Å²) < 4.78 is 5.24. The van der Waals surface area contributed by atoms with E-state index in [1.54, 1.807) is 25.4 Å². The maximum Gasteiger partial charge on any atom is 0.253 e. The summed E-state index contributed by atoms with van der Waals surface area (Å²) in [6, 6.07) is 0.245. The Morgan fingerprint density at radius 1 is 1.42 bits per heavy atom. The molecule has 2 heterocycles. The van der Waals surface area contributed by atoms with E-state index < -0.39 is 12.1 Å². The molecule has 1 saturated heterocycles. The maximum absolute atomic E-state index is 12.6. The Morgan fingerprint density at radius 3 is 2.62 bits per heavy atom. The molecule has 0 saturated carbocycles. The van der Waals surface area contributed by atoms with Gasteiger partial charge in [0.1, 0.15) is 18.7 Å². The van der Waals surface area contributed by atoms with E-state index in [1.807, 2.05) is 20.8 Å². The lowest BCUT2D eigenvalue weighted by Gasteiger charge is -2.27. The number of ether oxygens (including phenoxy) is 1. The minimum atomic E-state index is -0.729. The Labute approximate surface area is 141 Å². The van der Waals surface area contributed by atoms with Crippen LogP contribution in [-0.4, -0.2) is 47.4 Å². The summed E-state index contributed by atoms with van der Waals surface area (Å²) in [4.78, 5) is 39.5. The lowest BCUT2D eigenvalue weighted by molar-refractivity contribution is -0.128. The molecule has 7 heteroatoms. The number of aromatic nitrogens is 1. The number of carbonyl (C=O) groups excluding carboxylic acids is 3. The first-order valence-corrected chi connectivity index (χ1v) is 8.06. The van der Waals surface area contributed by atoms with Crippen LogP contribution in [-0.2, 0) is 14.3 Å². The van der Waals surface area contributed by atoms with Crippen LogP contribution in [0.3, 0.4) is 0 Å². The molecule has 1 aromatic rings. The Kier molecular flexibility index (Phi) is 5.43. The number of ketones is 1. The summed E-state index contributed by atoms with van der Waals surface area (Å²) in [5.74, 6) is -0.852. The van der Waals surface area contributed by atoms with Crippen LogP contribution < -0.4 is 10.6 Å². The number of nitrogens with one attached hydrogen (secondary N) is 3. The van der Waals surface area contributed by atoms with E-state index in [0.717, 1.165) is 0 Å². The second-order valence-electron chi connectivity index (χ2n) is 7.36. The van der Waals surface area contributed by atoms with Gasteiger partial charge in [0, 0.05) is 12.4 Å². The van der Waals surface area contributed by atoms with Crippen LogP contribution in [0.25, 0.3) is 0 Å². The predicted octanol–water partition coefficient (Wildman–Crippen LogP) is 1.02. The first kappa shape index (κ1) is 18.2. The molecule has 1 aliphatic rings. The van der Waals surface area contributed by atoms with E-state index in [4.69, 9.17) is 4.74 Å². The fraction of sp³-hybridized carbons (Fsp3) is 0.588. The number of aromatic amines is 1. The van der Waals surface area contributed by atoms with Gasteiger partial charge in [0.25, 0.3) is 5.91 Å². The molecule has 0 unspecified atom stereocenters. The van der Waals surface area contributed by atoms with Gasteiger partial charge in [-0.3, -0.25) is 14.4 Å². The number of hydrogen-bond donors (Lipinski definition) is 3. The average Bonchev–Trinajstić information content (AvgIpc) is 3.10. The molecule has 0 aliphatic carbocycles. The van der Waals surface area contributed by atoms with Gasteiger partial charge in [-0.05, 0) is 24.8 Å². The lowest BCUT2D eigenvalue weighted by Crippen LogP contribution is -2.53. The van der Waals surface area contributed by atoms with Gasteiger partial charge in [-0.25, -0.2) is 0 Å². The molecule has 1 fully saturated rings. The van der Waals surface area contributed by atoms with Gasteiger partial charge in [-0.2, -0.15) is 0 Å². The zero-order chi connectivity index (χ0) is 17.9. The summed E-state index contributed by atoms with van der Waals surface area (Å²) >= 11 is 0. The van der Waals surface area contributed by atoms with Crippen molar-refractivity contribution in [2.45, 2.75) is 52.3 Å². The monoisotopic (exact) mass is 335 g/mol. The van der Waals surface area contributed by atoms with Crippen molar-refractivity contribution >= 4 is 17.6 Å². The van der Waals surface area contributed by atoms with Crippen molar-refractivity contribution in [3.05, 3.63) is 24.0 Å². The average molecular weight is 335 g/mol. The molecule has 2 rings (SSSR count). The van der Waals surface area contributed by atoms with Gasteiger partial charge in [-0.15, -0.1) is 0 Å². The molecule has 1 aromatic heterocycles. The molecule has 0 spiro atoms. The van der Waals surface area contributed by atoms with Crippen molar-refractivity contribution in [3.63, 3.8) is 0 Å². The van der Waals surface area contributed by atoms with Crippen molar-refractivity contribution in [3.8, 4) is 0 Å². The minimum absolute atomic E-state index is 0.00571. The SMILES string of the molecule is C[C@@H]1OCC(=O)[C@H]1NC(=O)[C@H](CC(C)(C)C)NC(=O)c1cc[nH]c1. The first-order valence-electron chi connectivity index (χ1n) is 8.06. The molecule has 132 valence electrons. The summed E-state index contributed by atoms with van der Waals surface area (Å²) in [7, 11) is 0. The van der Waals surface area contributed by atoms with Crippen LogP contribution in [0.2, 0.25) is 0 Å². The maximum atomic E-state index is 12.6. The molecule has 0 radical (unpaired) electrons. The largest absolute Gasteiger partial charge is 0.368 e. The second-order valence-corrected chi connectivity index (χ2v) is 7.36. The molecule has 3 atom stereocenters. The molecule has 0 aromatic carbocycles. The van der Waals surface area contributed by atoms with Gasteiger partial charge in [-0.1, -0.05) is 20.8 Å². The third kappa shape index (κ3) is 4.67. The highest BCUT2D eigenvalue weighted by Crippen LogP contribution is 2.21. The molecule has 7 nitrogen and oxygen atoms in total. The fourth-order valence-corrected chi connectivity index (χ4v) is 2.64. The standard InChI is InChI=1S/C17H25N3O4/c1-10-14(13(21)9-24-10)20-16(23)12(7-17(2,3)4)19-15(22)11-5-6-18-8-11/h5-6,8,10,12,14,18H,7,9H2,1-4H3,(H,19,22)(H,20,23)/t10-,12-,14-/m0/s1. The van der Waals surface area contributed by atoms with Crippen LogP contribution in [0, 0.1) is 5.41 Å². The van der Waals surface area contributed by atoms with E-state index in [9.17, 15) is 14.4 Å². The van der Waals surface area contributed by atoms with Crippen molar-refractivity contribution in [2.24, 2.45) is 5.41 Å². The van der Waals surface area contributed by atoms with Gasteiger partial charge >= 0.3 is 0 Å². The molecular formula is C17H25N3O4. The zero-order valence-electron chi connectivity index (χ0n) is 14.5. The fourth-order valence-electron chi connectivity index (χ4n) is 2.64. The highest BCUT2D eigenvalue weighted by molar-refractivity contribution is 5.98. The number of amides is 2. The van der Waals surface area contributed by atoms with Crippen LogP contribution >= 0.6 is 0 Å². The summed E-state index contributed by atoms with van der Waals surface area (Å²) in [5.41, 5.74) is 0.283. The van der Waals surface area contributed by atoms with Gasteiger partial charge < -0.3 is 20.4 Å². The Balaban J connectivity index is 2.08. The van der Waals surface area contributed by atoms with Crippen molar-refractivity contribution in [2.75, 3.05) is 6.61 Å². The van der Waals surface area contributed by atoms with E-state index >= 15 is 0 Å². The quantitative estimate of drug-likeness (QED) is 0.748.